The van der Waals surface area contributed by atoms with Crippen LogP contribution in [-0.4, -0.2) is 17.8 Å². The third-order valence-electron chi connectivity index (χ3n) is 3.66. The van der Waals surface area contributed by atoms with E-state index >= 15 is 0 Å². The summed E-state index contributed by atoms with van der Waals surface area (Å²) in [5.41, 5.74) is 1.23. The minimum absolute atomic E-state index is 0.215. The summed E-state index contributed by atoms with van der Waals surface area (Å²) >= 11 is 0. The maximum absolute atomic E-state index is 12.0. The molecule has 20 heavy (non-hydrogen) atoms. The van der Waals surface area contributed by atoms with Crippen LogP contribution >= 0.6 is 0 Å². The number of amides is 1. The number of carbonyl (C=O) groups excluding carboxylic acids is 3. The number of hydrogen-bond donors (Lipinski definition) is 1. The van der Waals surface area contributed by atoms with Crippen LogP contribution in [0.1, 0.15) is 23.2 Å². The average Bonchev–Trinajstić information content (AvgIpc) is 2.75. The summed E-state index contributed by atoms with van der Waals surface area (Å²) < 4.78 is 4.62. The summed E-state index contributed by atoms with van der Waals surface area (Å²) in [7, 11) is 0. The maximum atomic E-state index is 12.0. The van der Waals surface area contributed by atoms with Gasteiger partial charge >= 0.3 is 11.9 Å². The molecule has 0 bridgehead atoms. The summed E-state index contributed by atoms with van der Waals surface area (Å²) in [6, 6.07) is 8.84. The Morgan fingerprint density at radius 3 is 2.55 bits per heavy atom. The fourth-order valence-electron chi connectivity index (χ4n) is 2.56. The first-order valence-corrected chi connectivity index (χ1v) is 6.46. The second-order valence-electron chi connectivity index (χ2n) is 4.94. The van der Waals surface area contributed by atoms with E-state index in [0.717, 1.165) is 0 Å². The van der Waals surface area contributed by atoms with E-state index in [4.69, 9.17) is 0 Å². The van der Waals surface area contributed by atoms with Crippen molar-refractivity contribution in [2.75, 3.05) is 0 Å². The molecule has 0 radical (unpaired) electrons. The monoisotopic (exact) mass is 271 g/mol. The Kier molecular flexibility index (Phi) is 3.10. The zero-order valence-electron chi connectivity index (χ0n) is 10.7. The van der Waals surface area contributed by atoms with Crippen LogP contribution in [0.4, 0.5) is 0 Å². The molecule has 1 fully saturated rings. The predicted molar refractivity (Wildman–Crippen MR) is 69.3 cm³/mol. The Morgan fingerprint density at radius 1 is 1.10 bits per heavy atom. The van der Waals surface area contributed by atoms with Gasteiger partial charge in [-0.1, -0.05) is 24.3 Å². The molecule has 3 rings (SSSR count). The van der Waals surface area contributed by atoms with Gasteiger partial charge in [0, 0.05) is 17.7 Å². The van der Waals surface area contributed by atoms with E-state index in [0.29, 0.717) is 24.1 Å². The predicted octanol–water partition coefficient (Wildman–Crippen LogP) is 1.41. The molecule has 2 unspecified atom stereocenters. The summed E-state index contributed by atoms with van der Waals surface area (Å²) in [5, 5.41) is 2.79. The van der Waals surface area contributed by atoms with Crippen molar-refractivity contribution in [3.8, 4) is 0 Å². The minimum Gasteiger partial charge on any atom is -0.393 e. The number of carbonyl (C=O) groups is 3. The van der Waals surface area contributed by atoms with E-state index in [-0.39, 0.29) is 11.8 Å². The number of esters is 2. The smallest absolute Gasteiger partial charge is 0.317 e. The van der Waals surface area contributed by atoms with Gasteiger partial charge in [-0.15, -0.1) is 0 Å². The molecule has 5 heteroatoms. The summed E-state index contributed by atoms with van der Waals surface area (Å²) in [6.45, 7) is 0. The second kappa shape index (κ2) is 4.92. The highest BCUT2D eigenvalue weighted by Crippen LogP contribution is 2.35. The Balaban J connectivity index is 1.71. The van der Waals surface area contributed by atoms with Gasteiger partial charge in [0.2, 0.25) is 0 Å². The minimum atomic E-state index is -0.487. The Morgan fingerprint density at radius 2 is 1.80 bits per heavy atom. The zero-order chi connectivity index (χ0) is 14.1. The van der Waals surface area contributed by atoms with Gasteiger partial charge in [-0.3, -0.25) is 14.4 Å². The lowest BCUT2D eigenvalue weighted by Crippen LogP contribution is -2.30. The van der Waals surface area contributed by atoms with E-state index in [1.54, 1.807) is 30.3 Å². The zero-order valence-corrected chi connectivity index (χ0v) is 10.7. The SMILES string of the molecule is O=C(NC1=CCC2C(=O)OC(=O)C2C1)c1ccccc1. The van der Waals surface area contributed by atoms with Crippen LogP contribution < -0.4 is 5.32 Å². The Labute approximate surface area is 115 Å². The third-order valence-corrected chi connectivity index (χ3v) is 3.66. The standard InChI is InChI=1S/C15H13NO4/c17-13(9-4-2-1-3-5-9)16-10-6-7-11-12(8-10)15(19)20-14(11)18/h1-6,11-12H,7-8H2,(H,16,17). The van der Waals surface area contributed by atoms with E-state index in [2.05, 4.69) is 10.1 Å². The van der Waals surface area contributed by atoms with Gasteiger partial charge in [-0.25, -0.2) is 0 Å². The number of rotatable bonds is 2. The van der Waals surface area contributed by atoms with Gasteiger partial charge in [0.05, 0.1) is 11.8 Å². The van der Waals surface area contributed by atoms with Crippen LogP contribution in [0.25, 0.3) is 0 Å². The van der Waals surface area contributed by atoms with Crippen molar-refractivity contribution in [1.82, 2.24) is 5.32 Å². The topological polar surface area (TPSA) is 72.5 Å². The van der Waals surface area contributed by atoms with Crippen LogP contribution in [0.2, 0.25) is 0 Å². The number of nitrogens with one attached hydrogen (secondary N) is 1. The molecule has 0 saturated carbocycles. The summed E-state index contributed by atoms with van der Waals surface area (Å²) in [4.78, 5) is 35.0. The normalized spacial score (nSPS) is 24.7. The van der Waals surface area contributed by atoms with Crippen molar-refractivity contribution in [1.29, 1.82) is 0 Å². The molecule has 1 heterocycles. The van der Waals surface area contributed by atoms with E-state index in [1.165, 1.54) is 0 Å². The third kappa shape index (κ3) is 2.22. The molecule has 0 spiro atoms. The fourth-order valence-corrected chi connectivity index (χ4v) is 2.56. The van der Waals surface area contributed by atoms with Gasteiger partial charge in [0.1, 0.15) is 0 Å². The molecule has 1 aliphatic heterocycles. The van der Waals surface area contributed by atoms with Crippen molar-refractivity contribution >= 4 is 17.8 Å². The van der Waals surface area contributed by atoms with Crippen molar-refractivity contribution < 1.29 is 19.1 Å². The molecule has 1 aromatic rings. The first kappa shape index (κ1) is 12.6. The molecular formula is C15H13NO4. The van der Waals surface area contributed by atoms with Gasteiger partial charge in [-0.05, 0) is 18.6 Å². The average molecular weight is 271 g/mol. The van der Waals surface area contributed by atoms with Crippen LogP contribution in [-0.2, 0) is 14.3 Å². The quantitative estimate of drug-likeness (QED) is 0.652. The lowest BCUT2D eigenvalue weighted by Gasteiger charge is -2.20. The molecule has 2 aliphatic rings. The van der Waals surface area contributed by atoms with Crippen molar-refractivity contribution in [2.24, 2.45) is 11.8 Å². The van der Waals surface area contributed by atoms with Gasteiger partial charge in [0.25, 0.3) is 5.91 Å². The first-order chi connectivity index (χ1) is 9.65. The summed E-state index contributed by atoms with van der Waals surface area (Å²) in [6.07, 6.45) is 2.56. The Hall–Kier alpha value is -2.43. The largest absolute Gasteiger partial charge is 0.393 e. The van der Waals surface area contributed by atoms with E-state index in [1.807, 2.05) is 6.07 Å². The van der Waals surface area contributed by atoms with Crippen molar-refractivity contribution in [3.63, 3.8) is 0 Å². The van der Waals surface area contributed by atoms with Crippen LogP contribution in [0.5, 0.6) is 0 Å². The lowest BCUT2D eigenvalue weighted by atomic mass is 9.83. The van der Waals surface area contributed by atoms with Crippen molar-refractivity contribution in [3.05, 3.63) is 47.7 Å². The highest BCUT2D eigenvalue weighted by Gasteiger charge is 2.45. The molecule has 1 N–H and O–H groups in total. The molecule has 1 saturated heterocycles. The van der Waals surface area contributed by atoms with Crippen LogP contribution in [0, 0.1) is 11.8 Å². The molecule has 0 aromatic heterocycles. The Bertz CT molecular complexity index is 606. The van der Waals surface area contributed by atoms with Crippen LogP contribution in [0.3, 0.4) is 0 Å². The molecule has 1 aliphatic carbocycles. The van der Waals surface area contributed by atoms with Crippen molar-refractivity contribution in [2.45, 2.75) is 12.8 Å². The van der Waals surface area contributed by atoms with Gasteiger partial charge in [-0.2, -0.15) is 0 Å². The second-order valence-corrected chi connectivity index (χ2v) is 4.94. The van der Waals surface area contributed by atoms with Crippen LogP contribution in [0.15, 0.2) is 42.1 Å². The number of hydrogen-bond acceptors (Lipinski definition) is 4. The number of benzene rings is 1. The van der Waals surface area contributed by atoms with E-state index in [9.17, 15) is 14.4 Å². The maximum Gasteiger partial charge on any atom is 0.317 e. The molecule has 5 nitrogen and oxygen atoms in total. The van der Waals surface area contributed by atoms with Gasteiger partial charge in [0.15, 0.2) is 0 Å². The molecule has 1 aromatic carbocycles. The molecular weight excluding hydrogens is 258 g/mol. The molecule has 2 atom stereocenters. The number of cyclic esters (lactones) is 2. The number of ether oxygens (including phenoxy) is 1. The lowest BCUT2D eigenvalue weighted by molar-refractivity contribution is -0.153. The highest BCUT2D eigenvalue weighted by molar-refractivity contribution is 5.98. The number of allylic oxidation sites excluding steroid dienone is 2. The van der Waals surface area contributed by atoms with E-state index < -0.39 is 17.9 Å². The van der Waals surface area contributed by atoms with Gasteiger partial charge < -0.3 is 10.1 Å². The molecule has 1 amide bonds. The molecule has 102 valence electrons. The fraction of sp³-hybridized carbons (Fsp3) is 0.267. The highest BCUT2D eigenvalue weighted by atomic mass is 16.6. The summed E-state index contributed by atoms with van der Waals surface area (Å²) in [5.74, 6) is -2.00. The number of fused-ring (bicyclic) bond motifs is 1. The first-order valence-electron chi connectivity index (χ1n) is 6.46.